The molecule has 0 unspecified atom stereocenters. The second kappa shape index (κ2) is 3.99. The van der Waals surface area contributed by atoms with E-state index in [2.05, 4.69) is 10.1 Å². The Morgan fingerprint density at radius 2 is 1.94 bits per heavy atom. The number of para-hydroxylation sites is 1. The molecule has 0 fully saturated rings. The molecule has 84 valence electrons. The maximum atomic E-state index is 9.08. The van der Waals surface area contributed by atoms with E-state index in [-0.39, 0.29) is 6.61 Å². The molecule has 1 aromatic carbocycles. The molecule has 3 aromatic rings. The van der Waals surface area contributed by atoms with Crippen LogP contribution in [0.1, 0.15) is 5.69 Å². The van der Waals surface area contributed by atoms with E-state index in [4.69, 9.17) is 5.11 Å². The van der Waals surface area contributed by atoms with Crippen LogP contribution in [0, 0.1) is 0 Å². The van der Waals surface area contributed by atoms with Crippen molar-refractivity contribution in [2.45, 2.75) is 6.61 Å². The highest BCUT2D eigenvalue weighted by Gasteiger charge is 2.05. The first-order valence-corrected chi connectivity index (χ1v) is 5.38. The molecule has 0 aliphatic rings. The number of pyridine rings is 1. The smallest absolute Gasteiger partial charge is 0.154 e. The summed E-state index contributed by atoms with van der Waals surface area (Å²) in [5, 5.41) is 14.5. The van der Waals surface area contributed by atoms with Crippen molar-refractivity contribution in [1.82, 2.24) is 14.8 Å². The zero-order valence-electron chi connectivity index (χ0n) is 9.11. The maximum Gasteiger partial charge on any atom is 0.154 e. The van der Waals surface area contributed by atoms with Gasteiger partial charge >= 0.3 is 0 Å². The third-order valence-corrected chi connectivity index (χ3v) is 2.65. The number of aliphatic hydroxyl groups excluding tert-OH is 1. The minimum absolute atomic E-state index is 0.0625. The molecule has 0 amide bonds. The second-order valence-corrected chi connectivity index (χ2v) is 3.76. The first-order valence-electron chi connectivity index (χ1n) is 5.38. The van der Waals surface area contributed by atoms with Crippen LogP contribution in [0.2, 0.25) is 0 Å². The first-order chi connectivity index (χ1) is 8.38. The Hall–Kier alpha value is -2.20. The van der Waals surface area contributed by atoms with E-state index in [1.807, 2.05) is 42.6 Å². The lowest BCUT2D eigenvalue weighted by atomic mass is 10.2. The van der Waals surface area contributed by atoms with Gasteiger partial charge in [0.1, 0.15) is 0 Å². The van der Waals surface area contributed by atoms with Gasteiger partial charge in [0.25, 0.3) is 0 Å². The van der Waals surface area contributed by atoms with Crippen LogP contribution in [0.5, 0.6) is 0 Å². The highest BCUT2D eigenvalue weighted by Crippen LogP contribution is 2.16. The van der Waals surface area contributed by atoms with Gasteiger partial charge < -0.3 is 5.11 Å². The van der Waals surface area contributed by atoms with E-state index in [0.717, 1.165) is 16.7 Å². The molecule has 2 aromatic heterocycles. The van der Waals surface area contributed by atoms with Crippen LogP contribution in [0.3, 0.4) is 0 Å². The average Bonchev–Trinajstić information content (AvgIpc) is 2.82. The third kappa shape index (κ3) is 1.68. The first kappa shape index (κ1) is 9.99. The summed E-state index contributed by atoms with van der Waals surface area (Å²) in [6.07, 6.45) is 1.81. The lowest BCUT2D eigenvalue weighted by molar-refractivity contribution is 0.276. The van der Waals surface area contributed by atoms with Crippen LogP contribution in [0.25, 0.3) is 16.7 Å². The average molecular weight is 225 g/mol. The zero-order chi connectivity index (χ0) is 11.7. The fraction of sp³-hybridized carbons (Fsp3) is 0.0769. The zero-order valence-corrected chi connectivity index (χ0v) is 9.11. The number of aromatic nitrogens is 3. The Bertz CT molecular complexity index is 660. The van der Waals surface area contributed by atoms with E-state index in [9.17, 15) is 0 Å². The number of benzene rings is 1. The van der Waals surface area contributed by atoms with Gasteiger partial charge in [-0.15, -0.1) is 0 Å². The molecule has 0 radical (unpaired) electrons. The van der Waals surface area contributed by atoms with E-state index < -0.39 is 0 Å². The Morgan fingerprint density at radius 1 is 1.06 bits per heavy atom. The summed E-state index contributed by atoms with van der Waals surface area (Å²) in [6, 6.07) is 13.5. The van der Waals surface area contributed by atoms with Crippen molar-refractivity contribution in [3.05, 3.63) is 54.4 Å². The summed E-state index contributed by atoms with van der Waals surface area (Å²) >= 11 is 0. The molecular formula is C13H11N3O. The van der Waals surface area contributed by atoms with Crippen LogP contribution in [0.4, 0.5) is 0 Å². The van der Waals surface area contributed by atoms with Crippen LogP contribution >= 0.6 is 0 Å². The van der Waals surface area contributed by atoms with Crippen molar-refractivity contribution in [2.24, 2.45) is 0 Å². The number of hydrogen-bond acceptors (Lipinski definition) is 3. The molecule has 0 saturated heterocycles. The maximum absolute atomic E-state index is 9.08. The standard InChI is InChI=1S/C13H11N3O/c17-9-11-5-3-7-13(15-11)16-12-6-2-1-4-10(12)8-14-16/h1-8,17H,9H2. The normalized spacial score (nSPS) is 10.9. The van der Waals surface area contributed by atoms with Crippen LogP contribution in [-0.2, 0) is 6.61 Å². The number of fused-ring (bicyclic) bond motifs is 1. The number of rotatable bonds is 2. The van der Waals surface area contributed by atoms with Gasteiger partial charge in [-0.05, 0) is 18.2 Å². The van der Waals surface area contributed by atoms with Crippen LogP contribution in [0.15, 0.2) is 48.7 Å². The Morgan fingerprint density at radius 3 is 2.82 bits per heavy atom. The van der Waals surface area contributed by atoms with Crippen molar-refractivity contribution in [2.75, 3.05) is 0 Å². The summed E-state index contributed by atoms with van der Waals surface area (Å²) < 4.78 is 1.77. The highest BCUT2D eigenvalue weighted by molar-refractivity contribution is 5.79. The predicted molar refractivity (Wildman–Crippen MR) is 64.8 cm³/mol. The van der Waals surface area contributed by atoms with Crippen molar-refractivity contribution < 1.29 is 5.11 Å². The minimum atomic E-state index is -0.0625. The van der Waals surface area contributed by atoms with Gasteiger partial charge in [0.2, 0.25) is 0 Å². The van der Waals surface area contributed by atoms with Crippen molar-refractivity contribution in [1.29, 1.82) is 0 Å². The predicted octanol–water partition coefficient (Wildman–Crippen LogP) is 1.91. The van der Waals surface area contributed by atoms with Crippen molar-refractivity contribution >= 4 is 10.9 Å². The molecule has 4 heteroatoms. The fourth-order valence-electron chi connectivity index (χ4n) is 1.83. The SMILES string of the molecule is OCc1cccc(-n2ncc3ccccc32)n1. The highest BCUT2D eigenvalue weighted by atomic mass is 16.3. The van der Waals surface area contributed by atoms with E-state index in [0.29, 0.717) is 5.69 Å². The molecular weight excluding hydrogens is 214 g/mol. The summed E-state index contributed by atoms with van der Waals surface area (Å²) in [5.74, 6) is 0.720. The van der Waals surface area contributed by atoms with Gasteiger partial charge in [0.05, 0.1) is 24.0 Å². The molecule has 0 aliphatic heterocycles. The summed E-state index contributed by atoms with van der Waals surface area (Å²) in [7, 11) is 0. The monoisotopic (exact) mass is 225 g/mol. The van der Waals surface area contributed by atoms with E-state index in [1.165, 1.54) is 0 Å². The molecule has 0 bridgehead atoms. The molecule has 17 heavy (non-hydrogen) atoms. The van der Waals surface area contributed by atoms with Gasteiger partial charge in [0.15, 0.2) is 5.82 Å². The molecule has 0 atom stereocenters. The molecule has 2 heterocycles. The summed E-state index contributed by atoms with van der Waals surface area (Å²) in [6.45, 7) is -0.0625. The van der Waals surface area contributed by atoms with Gasteiger partial charge in [-0.2, -0.15) is 5.10 Å². The molecule has 3 rings (SSSR count). The van der Waals surface area contributed by atoms with E-state index >= 15 is 0 Å². The fourth-order valence-corrected chi connectivity index (χ4v) is 1.83. The number of nitrogens with zero attached hydrogens (tertiary/aromatic N) is 3. The largest absolute Gasteiger partial charge is 0.390 e. The molecule has 4 nitrogen and oxygen atoms in total. The van der Waals surface area contributed by atoms with Crippen molar-refractivity contribution in [3.8, 4) is 5.82 Å². The lowest BCUT2D eigenvalue weighted by Gasteiger charge is -2.03. The topological polar surface area (TPSA) is 50.9 Å². The van der Waals surface area contributed by atoms with Crippen molar-refractivity contribution in [3.63, 3.8) is 0 Å². The number of hydrogen-bond donors (Lipinski definition) is 1. The van der Waals surface area contributed by atoms with E-state index in [1.54, 1.807) is 10.7 Å². The Balaban J connectivity index is 2.20. The Kier molecular flexibility index (Phi) is 2.34. The Labute approximate surface area is 98.2 Å². The molecule has 0 spiro atoms. The second-order valence-electron chi connectivity index (χ2n) is 3.76. The van der Waals surface area contributed by atoms with Gasteiger partial charge in [0, 0.05) is 5.39 Å². The number of aliphatic hydroxyl groups is 1. The molecule has 0 saturated carbocycles. The van der Waals surface area contributed by atoms with Crippen LogP contribution < -0.4 is 0 Å². The molecule has 0 aliphatic carbocycles. The van der Waals surface area contributed by atoms with Gasteiger partial charge in [-0.25, -0.2) is 9.67 Å². The molecule has 1 N–H and O–H groups in total. The minimum Gasteiger partial charge on any atom is -0.390 e. The quantitative estimate of drug-likeness (QED) is 0.724. The lowest BCUT2D eigenvalue weighted by Crippen LogP contribution is -2.01. The van der Waals surface area contributed by atoms with Gasteiger partial charge in [-0.1, -0.05) is 24.3 Å². The van der Waals surface area contributed by atoms with Gasteiger partial charge in [-0.3, -0.25) is 0 Å². The van der Waals surface area contributed by atoms with Crippen LogP contribution in [-0.4, -0.2) is 19.9 Å². The third-order valence-electron chi connectivity index (χ3n) is 2.65. The summed E-state index contributed by atoms with van der Waals surface area (Å²) in [5.41, 5.74) is 1.65. The summed E-state index contributed by atoms with van der Waals surface area (Å²) in [4.78, 5) is 4.33.